The van der Waals surface area contributed by atoms with Crippen molar-refractivity contribution < 1.29 is 0 Å². The summed E-state index contributed by atoms with van der Waals surface area (Å²) in [6.07, 6.45) is 4.06. The van der Waals surface area contributed by atoms with Crippen LogP contribution in [0.4, 0.5) is 0 Å². The molecule has 1 saturated heterocycles. The zero-order chi connectivity index (χ0) is 15.6. The summed E-state index contributed by atoms with van der Waals surface area (Å²) < 4.78 is 0. The first-order valence-corrected chi connectivity index (χ1v) is 8.64. The van der Waals surface area contributed by atoms with Crippen LogP contribution in [0.15, 0.2) is 29.3 Å². The van der Waals surface area contributed by atoms with Gasteiger partial charge >= 0.3 is 0 Å². The lowest BCUT2D eigenvalue weighted by Gasteiger charge is -2.26. The highest BCUT2D eigenvalue weighted by molar-refractivity contribution is 14.0. The molecule has 0 aromatic heterocycles. The average Bonchev–Trinajstić information content (AvgIpc) is 2.55. The largest absolute Gasteiger partial charge is 0.357 e. The van der Waals surface area contributed by atoms with Crippen molar-refractivity contribution in [1.82, 2.24) is 15.5 Å². The van der Waals surface area contributed by atoms with Gasteiger partial charge < -0.3 is 15.5 Å². The summed E-state index contributed by atoms with van der Waals surface area (Å²) in [5, 5.41) is 7.48. The molecule has 0 radical (unpaired) electrons. The molecule has 0 saturated carbocycles. The molecular weight excluding hydrogens is 423 g/mol. The fourth-order valence-electron chi connectivity index (χ4n) is 2.62. The molecule has 0 amide bonds. The van der Waals surface area contributed by atoms with E-state index < -0.39 is 0 Å². The second kappa shape index (κ2) is 11.9. The van der Waals surface area contributed by atoms with Crippen LogP contribution in [0.2, 0.25) is 5.02 Å². The number of rotatable bonds is 6. The van der Waals surface area contributed by atoms with Crippen molar-refractivity contribution >= 4 is 41.5 Å². The van der Waals surface area contributed by atoms with Crippen LogP contribution in [0.5, 0.6) is 0 Å². The van der Waals surface area contributed by atoms with E-state index in [0.29, 0.717) is 6.54 Å². The molecule has 0 atom stereocenters. The highest BCUT2D eigenvalue weighted by Gasteiger charge is 2.09. The van der Waals surface area contributed by atoms with Crippen LogP contribution in [0.25, 0.3) is 0 Å². The maximum Gasteiger partial charge on any atom is 0.191 e. The third-order valence-corrected chi connectivity index (χ3v) is 4.10. The zero-order valence-corrected chi connectivity index (χ0v) is 16.9. The molecule has 6 heteroatoms. The van der Waals surface area contributed by atoms with Gasteiger partial charge in [-0.2, -0.15) is 0 Å². The minimum atomic E-state index is 0. The molecular formula is C17H28ClIN4. The van der Waals surface area contributed by atoms with Crippen LogP contribution in [0.1, 0.15) is 31.7 Å². The van der Waals surface area contributed by atoms with Crippen LogP contribution < -0.4 is 10.6 Å². The van der Waals surface area contributed by atoms with Gasteiger partial charge in [0, 0.05) is 24.7 Å². The second-order valence-electron chi connectivity index (χ2n) is 5.65. The van der Waals surface area contributed by atoms with Gasteiger partial charge in [-0.1, -0.05) is 30.2 Å². The maximum absolute atomic E-state index is 5.90. The number of likely N-dealkylation sites (tertiary alicyclic amines) is 1. The Balaban J connectivity index is 0.00000264. The van der Waals surface area contributed by atoms with Gasteiger partial charge in [0.15, 0.2) is 5.96 Å². The lowest BCUT2D eigenvalue weighted by molar-refractivity contribution is 0.232. The summed E-state index contributed by atoms with van der Waals surface area (Å²) in [6, 6.07) is 7.85. The monoisotopic (exact) mass is 450 g/mol. The highest BCUT2D eigenvalue weighted by Crippen LogP contribution is 2.10. The van der Waals surface area contributed by atoms with Crippen molar-refractivity contribution in [2.75, 3.05) is 32.7 Å². The summed E-state index contributed by atoms with van der Waals surface area (Å²) in [5.41, 5.74) is 1.16. The number of aliphatic imine (C=N–C) groups is 1. The lowest BCUT2D eigenvalue weighted by atomic mass is 10.1. The van der Waals surface area contributed by atoms with Crippen molar-refractivity contribution in [3.05, 3.63) is 34.9 Å². The number of nitrogens with zero attached hydrogens (tertiary/aromatic N) is 2. The minimum absolute atomic E-state index is 0. The Kier molecular flexibility index (Phi) is 10.6. The van der Waals surface area contributed by atoms with Crippen molar-refractivity contribution in [1.29, 1.82) is 0 Å². The number of piperidine rings is 1. The molecule has 1 fully saturated rings. The number of guanidine groups is 1. The minimum Gasteiger partial charge on any atom is -0.357 e. The van der Waals surface area contributed by atoms with Gasteiger partial charge in [-0.05, 0) is 50.6 Å². The van der Waals surface area contributed by atoms with Gasteiger partial charge in [0.1, 0.15) is 0 Å². The normalized spacial score (nSPS) is 15.8. The lowest BCUT2D eigenvalue weighted by Crippen LogP contribution is -2.42. The Morgan fingerprint density at radius 2 is 1.83 bits per heavy atom. The van der Waals surface area contributed by atoms with E-state index in [1.54, 1.807) is 0 Å². The van der Waals surface area contributed by atoms with Crippen molar-refractivity contribution in [3.63, 3.8) is 0 Å². The second-order valence-corrected chi connectivity index (χ2v) is 6.09. The Hall–Kier alpha value is -0.530. The molecule has 0 aliphatic carbocycles. The molecule has 1 aliphatic rings. The zero-order valence-electron chi connectivity index (χ0n) is 13.9. The van der Waals surface area contributed by atoms with E-state index in [9.17, 15) is 0 Å². The van der Waals surface area contributed by atoms with Gasteiger partial charge in [-0.15, -0.1) is 24.0 Å². The fraction of sp³-hybridized carbons (Fsp3) is 0.588. The predicted octanol–water partition coefficient (Wildman–Crippen LogP) is 3.50. The highest BCUT2D eigenvalue weighted by atomic mass is 127. The van der Waals surface area contributed by atoms with E-state index in [-0.39, 0.29) is 24.0 Å². The van der Waals surface area contributed by atoms with E-state index in [2.05, 4.69) is 27.4 Å². The molecule has 4 nitrogen and oxygen atoms in total. The fourth-order valence-corrected chi connectivity index (χ4v) is 2.74. The van der Waals surface area contributed by atoms with Crippen molar-refractivity contribution in [3.8, 4) is 0 Å². The molecule has 0 bridgehead atoms. The Morgan fingerprint density at radius 3 is 2.48 bits per heavy atom. The number of hydrogen-bond donors (Lipinski definition) is 2. The summed E-state index contributed by atoms with van der Waals surface area (Å²) in [7, 11) is 0. The molecule has 2 N–H and O–H groups in total. The van der Waals surface area contributed by atoms with Gasteiger partial charge in [0.05, 0.1) is 6.54 Å². The molecule has 2 rings (SSSR count). The van der Waals surface area contributed by atoms with E-state index in [1.165, 1.54) is 32.4 Å². The standard InChI is InChI=1S/C17H27ClN4.HI/c1-2-19-17(20-10-13-22-11-4-3-5-12-22)21-14-15-6-8-16(18)9-7-15;/h6-9H,2-5,10-14H2,1H3,(H2,19,20,21);1H. The number of hydrogen-bond acceptors (Lipinski definition) is 2. The predicted molar refractivity (Wildman–Crippen MR) is 110 cm³/mol. The molecule has 1 aromatic carbocycles. The quantitative estimate of drug-likeness (QED) is 0.396. The molecule has 130 valence electrons. The third-order valence-electron chi connectivity index (χ3n) is 3.85. The molecule has 1 aliphatic heterocycles. The molecule has 0 spiro atoms. The first kappa shape index (κ1) is 20.5. The summed E-state index contributed by atoms with van der Waals surface area (Å²) >= 11 is 5.90. The number of halogens is 2. The van der Waals surface area contributed by atoms with Crippen LogP contribution in [-0.2, 0) is 6.54 Å². The van der Waals surface area contributed by atoms with E-state index in [1.807, 2.05) is 24.3 Å². The summed E-state index contributed by atoms with van der Waals surface area (Å²) in [5.74, 6) is 0.884. The molecule has 1 heterocycles. The average molecular weight is 451 g/mol. The van der Waals surface area contributed by atoms with Crippen molar-refractivity contribution in [2.24, 2.45) is 4.99 Å². The van der Waals surface area contributed by atoms with E-state index in [4.69, 9.17) is 11.6 Å². The van der Waals surface area contributed by atoms with E-state index in [0.717, 1.165) is 36.2 Å². The Labute approximate surface area is 162 Å². The SMILES string of the molecule is CCNC(=NCc1ccc(Cl)cc1)NCCN1CCCCC1.I. The molecule has 0 unspecified atom stereocenters. The summed E-state index contributed by atoms with van der Waals surface area (Å²) in [4.78, 5) is 7.16. The smallest absolute Gasteiger partial charge is 0.191 e. The van der Waals surface area contributed by atoms with Crippen LogP contribution in [-0.4, -0.2) is 43.6 Å². The van der Waals surface area contributed by atoms with E-state index >= 15 is 0 Å². The number of benzene rings is 1. The summed E-state index contributed by atoms with van der Waals surface area (Å²) in [6.45, 7) is 8.12. The topological polar surface area (TPSA) is 39.7 Å². The van der Waals surface area contributed by atoms with Gasteiger partial charge in [0.25, 0.3) is 0 Å². The Morgan fingerprint density at radius 1 is 1.13 bits per heavy atom. The molecule has 23 heavy (non-hydrogen) atoms. The van der Waals surface area contributed by atoms with Crippen LogP contribution in [0, 0.1) is 0 Å². The third kappa shape index (κ3) is 8.22. The maximum atomic E-state index is 5.90. The number of nitrogens with one attached hydrogen (secondary N) is 2. The van der Waals surface area contributed by atoms with Crippen LogP contribution >= 0.6 is 35.6 Å². The van der Waals surface area contributed by atoms with Crippen molar-refractivity contribution in [2.45, 2.75) is 32.7 Å². The Bertz CT molecular complexity index is 458. The van der Waals surface area contributed by atoms with Gasteiger partial charge in [-0.25, -0.2) is 4.99 Å². The first-order valence-electron chi connectivity index (χ1n) is 8.27. The van der Waals surface area contributed by atoms with Crippen LogP contribution in [0.3, 0.4) is 0 Å². The van der Waals surface area contributed by atoms with Gasteiger partial charge in [0.2, 0.25) is 0 Å². The van der Waals surface area contributed by atoms with Gasteiger partial charge in [-0.3, -0.25) is 0 Å². The first-order chi connectivity index (χ1) is 10.8. The molecule has 1 aromatic rings.